The Kier molecular flexibility index (Phi) is 5.80. The third-order valence-corrected chi connectivity index (χ3v) is 5.12. The van der Waals surface area contributed by atoms with Crippen LogP contribution in [0.4, 0.5) is 5.95 Å². The Balaban J connectivity index is 1.55. The van der Waals surface area contributed by atoms with Gasteiger partial charge in [0, 0.05) is 60.4 Å². The summed E-state index contributed by atoms with van der Waals surface area (Å²) in [4.78, 5) is 15.9. The van der Waals surface area contributed by atoms with Gasteiger partial charge in [-0.05, 0) is 6.42 Å². The van der Waals surface area contributed by atoms with Gasteiger partial charge in [-0.15, -0.1) is 0 Å². The number of nitrogens with one attached hydrogen (secondary N) is 1. The van der Waals surface area contributed by atoms with Gasteiger partial charge >= 0.3 is 0 Å². The van der Waals surface area contributed by atoms with Gasteiger partial charge in [0.2, 0.25) is 5.95 Å². The summed E-state index contributed by atoms with van der Waals surface area (Å²) in [6, 6.07) is 0.611. The number of morpholine rings is 1. The minimum Gasteiger partial charge on any atom is -0.379 e. The monoisotopic (exact) mass is 349 g/mol. The summed E-state index contributed by atoms with van der Waals surface area (Å²) in [5.74, 6) is 1.93. The van der Waals surface area contributed by atoms with Crippen molar-refractivity contribution in [3.8, 4) is 0 Å². The fourth-order valence-corrected chi connectivity index (χ4v) is 3.69. The van der Waals surface area contributed by atoms with E-state index in [1.54, 1.807) is 0 Å². The Bertz CT molecular complexity index is 592. The number of likely N-dealkylation sites (tertiary alicyclic amines) is 1. The van der Waals surface area contributed by atoms with Crippen LogP contribution in [0, 0.1) is 0 Å². The van der Waals surface area contributed by atoms with E-state index in [0.717, 1.165) is 63.5 Å². The van der Waals surface area contributed by atoms with Gasteiger partial charge in [-0.1, -0.05) is 0 Å². The Hall–Kier alpha value is -1.80. The maximum Gasteiger partial charge on any atom is 0.204 e. The van der Waals surface area contributed by atoms with Crippen molar-refractivity contribution in [2.24, 2.45) is 12.0 Å². The molecule has 1 N–H and O–H groups in total. The van der Waals surface area contributed by atoms with E-state index < -0.39 is 0 Å². The van der Waals surface area contributed by atoms with E-state index in [1.165, 1.54) is 6.42 Å². The maximum atomic E-state index is 5.47. The van der Waals surface area contributed by atoms with Crippen molar-refractivity contribution >= 4 is 11.9 Å². The second-order valence-electron chi connectivity index (χ2n) is 6.94. The van der Waals surface area contributed by atoms with Crippen molar-refractivity contribution < 1.29 is 4.74 Å². The molecule has 3 heterocycles. The largest absolute Gasteiger partial charge is 0.379 e. The zero-order chi connectivity index (χ0) is 17.8. The van der Waals surface area contributed by atoms with Crippen molar-refractivity contribution in [3.05, 3.63) is 11.9 Å². The lowest BCUT2D eigenvalue weighted by Crippen LogP contribution is -2.46. The van der Waals surface area contributed by atoms with Crippen molar-refractivity contribution in [3.63, 3.8) is 0 Å². The molecule has 2 saturated heterocycles. The first-order valence-electron chi connectivity index (χ1n) is 9.05. The zero-order valence-electron chi connectivity index (χ0n) is 15.9. The van der Waals surface area contributed by atoms with Crippen LogP contribution >= 0.6 is 0 Å². The molecule has 0 aromatic carbocycles. The second-order valence-corrected chi connectivity index (χ2v) is 6.94. The number of anilines is 1. The molecule has 8 heteroatoms. The fourth-order valence-electron chi connectivity index (χ4n) is 3.69. The molecule has 0 aliphatic carbocycles. The van der Waals surface area contributed by atoms with Crippen molar-refractivity contribution in [2.75, 3.05) is 65.4 Å². The number of rotatable bonds is 4. The summed E-state index contributed by atoms with van der Waals surface area (Å²) in [6.45, 7) is 6.63. The van der Waals surface area contributed by atoms with Crippen molar-refractivity contribution in [2.45, 2.75) is 19.0 Å². The molecule has 0 radical (unpaired) electrons. The molecule has 2 aliphatic heterocycles. The predicted octanol–water partition coefficient (Wildman–Crippen LogP) is -0.0320. The third kappa shape index (κ3) is 4.07. The minimum absolute atomic E-state index is 0.611. The van der Waals surface area contributed by atoms with Crippen LogP contribution in [0.3, 0.4) is 0 Å². The SMILES string of the molecule is CN=C(NCc1cnc(N(C)C)n1C)N1CCC(N2CCOCC2)C1. The molecule has 1 unspecified atom stereocenters. The number of aromatic nitrogens is 2. The van der Waals surface area contributed by atoms with Crippen molar-refractivity contribution in [1.29, 1.82) is 0 Å². The molecule has 0 saturated carbocycles. The summed E-state index contributed by atoms with van der Waals surface area (Å²) < 4.78 is 7.58. The molecule has 2 aliphatic rings. The average Bonchev–Trinajstić information content (AvgIpc) is 3.24. The Morgan fingerprint density at radius 3 is 2.76 bits per heavy atom. The number of aliphatic imine (C=N–C) groups is 1. The highest BCUT2D eigenvalue weighted by Crippen LogP contribution is 2.17. The topological polar surface area (TPSA) is 61.2 Å². The first-order chi connectivity index (χ1) is 12.1. The molecule has 0 amide bonds. The highest BCUT2D eigenvalue weighted by atomic mass is 16.5. The molecule has 1 aromatic heterocycles. The molecule has 1 aromatic rings. The number of ether oxygens (including phenoxy) is 1. The predicted molar refractivity (Wildman–Crippen MR) is 100 cm³/mol. The normalized spacial score (nSPS) is 22.5. The van der Waals surface area contributed by atoms with Crippen LogP contribution < -0.4 is 10.2 Å². The van der Waals surface area contributed by atoms with E-state index in [0.29, 0.717) is 6.04 Å². The number of hydrogen-bond donors (Lipinski definition) is 1. The van der Waals surface area contributed by atoms with E-state index in [1.807, 2.05) is 39.3 Å². The minimum atomic E-state index is 0.611. The number of guanidine groups is 1. The van der Waals surface area contributed by atoms with Gasteiger partial charge in [-0.3, -0.25) is 9.89 Å². The third-order valence-electron chi connectivity index (χ3n) is 5.12. The van der Waals surface area contributed by atoms with Crippen LogP contribution in [0.2, 0.25) is 0 Å². The van der Waals surface area contributed by atoms with Crippen LogP contribution in [0.25, 0.3) is 0 Å². The molecule has 140 valence electrons. The fraction of sp³-hybridized carbons (Fsp3) is 0.765. The van der Waals surface area contributed by atoms with E-state index in [4.69, 9.17) is 4.74 Å². The summed E-state index contributed by atoms with van der Waals surface area (Å²) in [5, 5.41) is 3.50. The number of imidazole rings is 1. The smallest absolute Gasteiger partial charge is 0.204 e. The van der Waals surface area contributed by atoms with Gasteiger partial charge in [0.1, 0.15) is 0 Å². The van der Waals surface area contributed by atoms with Gasteiger partial charge in [-0.25, -0.2) is 4.98 Å². The van der Waals surface area contributed by atoms with Crippen LogP contribution in [0.5, 0.6) is 0 Å². The van der Waals surface area contributed by atoms with Crippen molar-refractivity contribution in [1.82, 2.24) is 24.7 Å². The maximum absolute atomic E-state index is 5.47. The van der Waals surface area contributed by atoms with E-state index in [-0.39, 0.29) is 0 Å². The Labute approximate surface area is 150 Å². The summed E-state index contributed by atoms with van der Waals surface area (Å²) in [7, 11) is 7.92. The Morgan fingerprint density at radius 2 is 2.12 bits per heavy atom. The van der Waals surface area contributed by atoms with Crippen LogP contribution in [-0.2, 0) is 18.3 Å². The molecule has 0 spiro atoms. The van der Waals surface area contributed by atoms with Crippen LogP contribution in [0.15, 0.2) is 11.2 Å². The van der Waals surface area contributed by atoms with Gasteiger partial charge < -0.3 is 24.4 Å². The molecule has 3 rings (SSSR count). The molecular formula is C17H31N7O. The first-order valence-corrected chi connectivity index (χ1v) is 9.05. The van der Waals surface area contributed by atoms with Gasteiger partial charge in [-0.2, -0.15) is 0 Å². The van der Waals surface area contributed by atoms with E-state index in [9.17, 15) is 0 Å². The summed E-state index contributed by atoms with van der Waals surface area (Å²) in [5.41, 5.74) is 1.15. The standard InChI is InChI=1S/C17H31N7O/c1-18-16(19-11-15-12-20-17(21(2)3)22(15)4)24-6-5-14(13-24)23-7-9-25-10-8-23/h12,14H,5-11,13H2,1-4H3,(H,18,19). The molecule has 1 atom stereocenters. The van der Waals surface area contributed by atoms with Crippen LogP contribution in [0.1, 0.15) is 12.1 Å². The highest BCUT2D eigenvalue weighted by molar-refractivity contribution is 5.80. The molecular weight excluding hydrogens is 318 g/mol. The van der Waals surface area contributed by atoms with E-state index >= 15 is 0 Å². The average molecular weight is 349 g/mol. The van der Waals surface area contributed by atoms with Crippen LogP contribution in [-0.4, -0.2) is 91.9 Å². The molecule has 8 nitrogen and oxygen atoms in total. The second kappa shape index (κ2) is 8.05. The Morgan fingerprint density at radius 1 is 1.36 bits per heavy atom. The zero-order valence-corrected chi connectivity index (χ0v) is 15.9. The number of nitrogens with zero attached hydrogens (tertiary/aromatic N) is 6. The summed E-state index contributed by atoms with van der Waals surface area (Å²) >= 11 is 0. The number of hydrogen-bond acceptors (Lipinski definition) is 5. The first kappa shape index (κ1) is 18.0. The molecule has 25 heavy (non-hydrogen) atoms. The highest BCUT2D eigenvalue weighted by Gasteiger charge is 2.30. The van der Waals surface area contributed by atoms with Gasteiger partial charge in [0.25, 0.3) is 0 Å². The quantitative estimate of drug-likeness (QED) is 0.608. The summed E-state index contributed by atoms with van der Waals surface area (Å²) in [6.07, 6.45) is 3.12. The lowest BCUT2D eigenvalue weighted by atomic mass is 10.2. The molecule has 2 fully saturated rings. The van der Waals surface area contributed by atoms with E-state index in [2.05, 4.69) is 29.7 Å². The van der Waals surface area contributed by atoms with Gasteiger partial charge in [0.05, 0.1) is 31.6 Å². The lowest BCUT2D eigenvalue weighted by molar-refractivity contribution is 0.0195. The molecule has 0 bridgehead atoms. The lowest BCUT2D eigenvalue weighted by Gasteiger charge is -2.32. The van der Waals surface area contributed by atoms with Gasteiger partial charge in [0.15, 0.2) is 5.96 Å².